The van der Waals surface area contributed by atoms with Gasteiger partial charge < -0.3 is 14.8 Å². The maximum Gasteiger partial charge on any atom is 0.306 e. The molecule has 0 saturated carbocycles. The fourth-order valence-corrected chi connectivity index (χ4v) is 4.89. The Kier molecular flexibility index (Phi) is 7.15. The fourth-order valence-electron chi connectivity index (χ4n) is 2.29. The quantitative estimate of drug-likeness (QED) is 0.397. The predicted molar refractivity (Wildman–Crippen MR) is 85.7 cm³/mol. The molecular weight excluding hydrogens is 386 g/mol. The van der Waals surface area contributed by atoms with Crippen LogP contribution in [0.2, 0.25) is 0 Å². The number of aliphatic carboxylic acids is 2. The van der Waals surface area contributed by atoms with E-state index in [2.05, 4.69) is 0 Å². The molecule has 0 bridgehead atoms. The topological polar surface area (TPSA) is 91.7 Å². The van der Waals surface area contributed by atoms with Gasteiger partial charge in [-0.25, -0.2) is 17.6 Å². The summed E-state index contributed by atoms with van der Waals surface area (Å²) in [4.78, 5) is 21.7. The minimum atomic E-state index is -3.59. The number of carboxylic acid groups (broad SMARTS) is 2. The minimum Gasteiger partial charge on any atom is -0.481 e. The van der Waals surface area contributed by atoms with E-state index in [9.17, 15) is 31.7 Å². The highest BCUT2D eigenvalue weighted by Gasteiger charge is 2.32. The third-order valence-corrected chi connectivity index (χ3v) is 6.25. The third kappa shape index (κ3) is 5.51. The van der Waals surface area contributed by atoms with Crippen LogP contribution in [0, 0.1) is 29.2 Å². The maximum atomic E-state index is 13.9. The molecule has 5 nitrogen and oxygen atoms in total. The van der Waals surface area contributed by atoms with E-state index in [0.717, 1.165) is 6.66 Å². The molecule has 1 aromatic rings. The van der Waals surface area contributed by atoms with Gasteiger partial charge in [0, 0.05) is 29.6 Å². The second kappa shape index (κ2) is 8.28. The van der Waals surface area contributed by atoms with Crippen molar-refractivity contribution >= 4 is 33.6 Å². The van der Waals surface area contributed by atoms with E-state index in [1.165, 1.54) is 9.24 Å². The molecule has 0 saturated heterocycles. The van der Waals surface area contributed by atoms with Gasteiger partial charge in [-0.2, -0.15) is 0 Å². The Morgan fingerprint density at radius 3 is 1.96 bits per heavy atom. The average molecular weight is 402 g/mol. The second-order valence-electron chi connectivity index (χ2n) is 5.75. The molecule has 11 heteroatoms. The van der Waals surface area contributed by atoms with Gasteiger partial charge in [-0.3, -0.25) is 9.59 Å². The molecule has 0 aliphatic heterocycles. The van der Waals surface area contributed by atoms with Gasteiger partial charge >= 0.3 is 11.9 Å². The first-order valence-electron chi connectivity index (χ1n) is 6.97. The van der Waals surface area contributed by atoms with Gasteiger partial charge in [-0.1, -0.05) is 9.24 Å². The van der Waals surface area contributed by atoms with E-state index < -0.39 is 77.9 Å². The molecule has 1 aromatic carbocycles. The molecule has 3 atom stereocenters. The van der Waals surface area contributed by atoms with Crippen molar-refractivity contribution in [1.82, 2.24) is 0 Å². The van der Waals surface area contributed by atoms with E-state index in [1.807, 2.05) is 0 Å². The lowest BCUT2D eigenvalue weighted by atomic mass is 10.1. The fraction of sp³-hybridized carbons (Fsp3) is 0.429. The second-order valence-corrected chi connectivity index (χ2v) is 9.61. The molecule has 140 valence electrons. The van der Waals surface area contributed by atoms with Crippen LogP contribution in [0.25, 0.3) is 0 Å². The third-order valence-electron chi connectivity index (χ3n) is 3.54. The van der Waals surface area contributed by atoms with Crippen molar-refractivity contribution in [1.29, 1.82) is 0 Å². The van der Waals surface area contributed by atoms with Crippen molar-refractivity contribution in [2.75, 3.05) is 12.8 Å². The summed E-state index contributed by atoms with van der Waals surface area (Å²) < 4.78 is 67.4. The maximum absolute atomic E-state index is 13.9. The molecular formula is C14H16F4O5P2. The van der Waals surface area contributed by atoms with Crippen LogP contribution in [-0.2, 0) is 20.3 Å². The highest BCUT2D eigenvalue weighted by molar-refractivity contribution is 7.62. The zero-order chi connectivity index (χ0) is 19.5. The SMILES string of the molecule is CP(=O)(Cc1c(F)c(F)c(P)c(F)c1F)CC(CCC(=O)O)C(=O)O. The molecule has 25 heavy (non-hydrogen) atoms. The Morgan fingerprint density at radius 1 is 1.08 bits per heavy atom. The molecule has 3 unspecified atom stereocenters. The van der Waals surface area contributed by atoms with Crippen molar-refractivity contribution in [2.24, 2.45) is 5.92 Å². The van der Waals surface area contributed by atoms with Gasteiger partial charge in [0.25, 0.3) is 0 Å². The Morgan fingerprint density at radius 2 is 1.56 bits per heavy atom. The number of halogens is 4. The molecule has 0 fully saturated rings. The first-order valence-corrected chi connectivity index (χ1v) is 10.1. The highest BCUT2D eigenvalue weighted by Crippen LogP contribution is 2.48. The van der Waals surface area contributed by atoms with Crippen LogP contribution < -0.4 is 5.30 Å². The number of benzene rings is 1. The zero-order valence-electron chi connectivity index (χ0n) is 13.1. The number of hydrogen-bond donors (Lipinski definition) is 2. The highest BCUT2D eigenvalue weighted by atomic mass is 31.2. The standard InChI is InChI=1S/C14H16F4O5P2/c1-25(23,4-6(14(21)22)2-3-8(19)20)5-7-9(15)11(17)13(24)12(18)10(7)16/h6H,2-5,24H2,1H3,(H,19,20)(H,21,22). The van der Waals surface area contributed by atoms with E-state index in [-0.39, 0.29) is 6.42 Å². The van der Waals surface area contributed by atoms with Crippen molar-refractivity contribution in [2.45, 2.75) is 19.0 Å². The molecule has 0 aromatic heterocycles. The largest absolute Gasteiger partial charge is 0.481 e. The van der Waals surface area contributed by atoms with Gasteiger partial charge in [0.15, 0.2) is 23.3 Å². The summed E-state index contributed by atoms with van der Waals surface area (Å²) in [6, 6.07) is 0. The number of hydrogen-bond acceptors (Lipinski definition) is 3. The summed E-state index contributed by atoms with van der Waals surface area (Å²) in [6.45, 7) is 1.05. The molecule has 0 spiro atoms. The lowest BCUT2D eigenvalue weighted by Crippen LogP contribution is -2.21. The first-order chi connectivity index (χ1) is 11.4. The Hall–Kier alpha value is -1.46. The Bertz CT molecular complexity index is 724. The van der Waals surface area contributed by atoms with E-state index in [4.69, 9.17) is 10.2 Å². The van der Waals surface area contributed by atoms with Crippen LogP contribution in [0.1, 0.15) is 18.4 Å². The van der Waals surface area contributed by atoms with Crippen LogP contribution in [0.5, 0.6) is 0 Å². The van der Waals surface area contributed by atoms with Crippen LogP contribution >= 0.6 is 16.4 Å². The molecule has 0 radical (unpaired) electrons. The number of carboxylic acids is 2. The van der Waals surface area contributed by atoms with Crippen LogP contribution in [-0.4, -0.2) is 35.0 Å². The summed E-state index contributed by atoms with van der Waals surface area (Å²) in [7, 11) is -2.07. The van der Waals surface area contributed by atoms with E-state index >= 15 is 0 Å². The monoisotopic (exact) mass is 402 g/mol. The van der Waals surface area contributed by atoms with Gasteiger partial charge in [-0.15, -0.1) is 0 Å². The summed E-state index contributed by atoms with van der Waals surface area (Å²) in [5.74, 6) is -10.7. The van der Waals surface area contributed by atoms with Crippen molar-refractivity contribution in [3.05, 3.63) is 28.8 Å². The normalized spacial score (nSPS) is 14.8. The van der Waals surface area contributed by atoms with Crippen molar-refractivity contribution in [3.63, 3.8) is 0 Å². The first kappa shape index (κ1) is 21.6. The van der Waals surface area contributed by atoms with Gasteiger partial charge in [-0.05, 0) is 13.1 Å². The minimum absolute atomic E-state index is 0.333. The lowest BCUT2D eigenvalue weighted by molar-refractivity contribution is -0.142. The van der Waals surface area contributed by atoms with Crippen LogP contribution in [0.4, 0.5) is 17.6 Å². The molecule has 0 aliphatic rings. The lowest BCUT2D eigenvalue weighted by Gasteiger charge is -2.19. The number of carbonyl (C=O) groups is 2. The average Bonchev–Trinajstić information content (AvgIpc) is 2.51. The van der Waals surface area contributed by atoms with Crippen LogP contribution in [0.3, 0.4) is 0 Å². The molecule has 1 rings (SSSR count). The molecule has 2 N–H and O–H groups in total. The number of rotatable bonds is 8. The molecule has 0 amide bonds. The van der Waals surface area contributed by atoms with Gasteiger partial charge in [0.05, 0.1) is 13.1 Å². The zero-order valence-corrected chi connectivity index (χ0v) is 15.1. The smallest absolute Gasteiger partial charge is 0.306 e. The predicted octanol–water partition coefficient (Wildman–Crippen LogP) is 2.80. The molecule has 0 heterocycles. The summed E-state index contributed by atoms with van der Waals surface area (Å²) in [6.07, 6.45) is -2.27. The van der Waals surface area contributed by atoms with Crippen LogP contribution in [0.15, 0.2) is 0 Å². The van der Waals surface area contributed by atoms with Crippen molar-refractivity contribution in [3.8, 4) is 0 Å². The Labute approximate surface area is 143 Å². The van der Waals surface area contributed by atoms with Gasteiger partial charge in [0.2, 0.25) is 0 Å². The summed E-state index contributed by atoms with van der Waals surface area (Å²) in [5, 5.41) is 16.7. The summed E-state index contributed by atoms with van der Waals surface area (Å²) >= 11 is 0. The Balaban J connectivity index is 3.10. The summed E-state index contributed by atoms with van der Waals surface area (Å²) in [5.41, 5.74) is -1.06. The van der Waals surface area contributed by atoms with E-state index in [1.54, 1.807) is 0 Å². The molecule has 0 aliphatic carbocycles. The van der Waals surface area contributed by atoms with Crippen molar-refractivity contribution < 1.29 is 41.9 Å². The van der Waals surface area contributed by atoms with E-state index in [0.29, 0.717) is 0 Å². The van der Waals surface area contributed by atoms with Gasteiger partial charge in [0.1, 0.15) is 0 Å².